The molecule has 1 aliphatic carbocycles. The van der Waals surface area contributed by atoms with Gasteiger partial charge >= 0.3 is 0 Å². The smallest absolute Gasteiger partial charge is 0.230 e. The summed E-state index contributed by atoms with van der Waals surface area (Å²) < 4.78 is 1.87. The number of rotatable bonds is 6. The molecule has 0 unspecified atom stereocenters. The predicted octanol–water partition coefficient (Wildman–Crippen LogP) is 2.87. The standard InChI is InChI=1S/C20H21N5OS/c1-14-16-8-5-9-17(16)24-25(14)18-10-11-20(23-22-18)27-13-19(26)21-12-15-6-3-2-4-7-15/h2-4,6-7,10-11H,5,8-9,12-13H2,1H3,(H,21,26). The van der Waals surface area contributed by atoms with E-state index in [2.05, 4.69) is 27.5 Å². The minimum atomic E-state index is -0.0194. The summed E-state index contributed by atoms with van der Waals surface area (Å²) in [4.78, 5) is 12.0. The van der Waals surface area contributed by atoms with E-state index < -0.39 is 0 Å². The number of nitrogens with zero attached hydrogens (tertiary/aromatic N) is 4. The van der Waals surface area contributed by atoms with Crippen LogP contribution in [0.25, 0.3) is 5.82 Å². The number of benzene rings is 1. The van der Waals surface area contributed by atoms with Crippen molar-refractivity contribution in [2.24, 2.45) is 0 Å². The Kier molecular flexibility index (Phi) is 5.20. The molecule has 2 aromatic heterocycles. The van der Waals surface area contributed by atoms with Gasteiger partial charge in [0.1, 0.15) is 5.03 Å². The molecule has 7 heteroatoms. The van der Waals surface area contributed by atoms with Crippen LogP contribution in [0.2, 0.25) is 0 Å². The van der Waals surface area contributed by atoms with E-state index in [1.165, 1.54) is 29.4 Å². The van der Waals surface area contributed by atoms with Crippen molar-refractivity contribution < 1.29 is 4.79 Å². The summed E-state index contributed by atoms with van der Waals surface area (Å²) in [6, 6.07) is 13.7. The summed E-state index contributed by atoms with van der Waals surface area (Å²) in [6.07, 6.45) is 3.33. The number of aromatic nitrogens is 4. The van der Waals surface area contributed by atoms with Crippen LogP contribution in [0.1, 0.15) is 28.9 Å². The van der Waals surface area contributed by atoms with E-state index in [-0.39, 0.29) is 5.91 Å². The number of hydrogen-bond donors (Lipinski definition) is 1. The van der Waals surface area contributed by atoms with Crippen molar-refractivity contribution in [3.63, 3.8) is 0 Å². The van der Waals surface area contributed by atoms with Crippen LogP contribution in [-0.2, 0) is 24.2 Å². The van der Waals surface area contributed by atoms with Crippen molar-refractivity contribution in [3.8, 4) is 5.82 Å². The highest BCUT2D eigenvalue weighted by atomic mass is 32.2. The molecule has 0 saturated heterocycles. The first-order valence-electron chi connectivity index (χ1n) is 9.05. The number of carbonyl (C=O) groups excluding carboxylic acids is 1. The van der Waals surface area contributed by atoms with Gasteiger partial charge in [0.15, 0.2) is 5.82 Å². The number of aryl methyl sites for hydroxylation is 1. The summed E-state index contributed by atoms with van der Waals surface area (Å²) in [5, 5.41) is 16.8. The molecular formula is C20H21N5OS. The minimum Gasteiger partial charge on any atom is -0.351 e. The molecule has 0 radical (unpaired) electrons. The largest absolute Gasteiger partial charge is 0.351 e. The van der Waals surface area contributed by atoms with Crippen LogP contribution >= 0.6 is 11.8 Å². The molecule has 6 nitrogen and oxygen atoms in total. The first-order chi connectivity index (χ1) is 13.2. The molecule has 2 heterocycles. The number of fused-ring (bicyclic) bond motifs is 1. The van der Waals surface area contributed by atoms with Gasteiger partial charge in [-0.1, -0.05) is 42.1 Å². The lowest BCUT2D eigenvalue weighted by atomic mass is 10.2. The third-order valence-corrected chi connectivity index (χ3v) is 5.61. The van der Waals surface area contributed by atoms with Gasteiger partial charge in [-0.15, -0.1) is 10.2 Å². The normalized spacial score (nSPS) is 12.8. The molecule has 0 fully saturated rings. The fourth-order valence-electron chi connectivity index (χ4n) is 3.26. The fraction of sp³-hybridized carbons (Fsp3) is 0.300. The van der Waals surface area contributed by atoms with Gasteiger partial charge in [0, 0.05) is 12.2 Å². The maximum atomic E-state index is 12.0. The number of nitrogens with one attached hydrogen (secondary N) is 1. The molecule has 0 aliphatic heterocycles. The van der Waals surface area contributed by atoms with Crippen molar-refractivity contribution in [1.29, 1.82) is 0 Å². The first-order valence-corrected chi connectivity index (χ1v) is 10.0. The Morgan fingerprint density at radius 1 is 1.15 bits per heavy atom. The molecule has 3 aromatic rings. The second-order valence-corrected chi connectivity index (χ2v) is 7.55. The van der Waals surface area contributed by atoms with Crippen LogP contribution in [0.15, 0.2) is 47.5 Å². The predicted molar refractivity (Wildman–Crippen MR) is 105 cm³/mol. The lowest BCUT2D eigenvalue weighted by molar-refractivity contribution is -0.118. The van der Waals surface area contributed by atoms with Gasteiger partial charge in [0.05, 0.1) is 11.4 Å². The SMILES string of the molecule is Cc1c2c(nn1-c1ccc(SCC(=O)NCc3ccccc3)nn1)CCC2. The Labute approximate surface area is 162 Å². The molecule has 1 aliphatic rings. The van der Waals surface area contributed by atoms with Gasteiger partial charge in [-0.05, 0) is 49.4 Å². The van der Waals surface area contributed by atoms with E-state index in [0.29, 0.717) is 12.3 Å². The summed E-state index contributed by atoms with van der Waals surface area (Å²) >= 11 is 1.38. The van der Waals surface area contributed by atoms with Crippen molar-refractivity contribution in [3.05, 3.63) is 65.0 Å². The Morgan fingerprint density at radius 3 is 2.74 bits per heavy atom. The van der Waals surface area contributed by atoms with Gasteiger partial charge in [-0.25, -0.2) is 4.68 Å². The lowest BCUT2D eigenvalue weighted by Crippen LogP contribution is -2.24. The molecule has 0 saturated carbocycles. The zero-order valence-electron chi connectivity index (χ0n) is 15.2. The maximum absolute atomic E-state index is 12.0. The van der Waals surface area contributed by atoms with Crippen LogP contribution < -0.4 is 5.32 Å². The Hall–Kier alpha value is -2.67. The van der Waals surface area contributed by atoms with Crippen molar-refractivity contribution >= 4 is 17.7 Å². The Balaban J connectivity index is 1.32. The number of thioether (sulfide) groups is 1. The van der Waals surface area contributed by atoms with Crippen LogP contribution in [-0.4, -0.2) is 31.6 Å². The van der Waals surface area contributed by atoms with E-state index in [9.17, 15) is 4.79 Å². The number of hydrogen-bond acceptors (Lipinski definition) is 5. The quantitative estimate of drug-likeness (QED) is 0.667. The van der Waals surface area contributed by atoms with E-state index in [0.717, 1.165) is 34.9 Å². The monoisotopic (exact) mass is 379 g/mol. The topological polar surface area (TPSA) is 72.7 Å². The summed E-state index contributed by atoms with van der Waals surface area (Å²) in [7, 11) is 0. The molecule has 138 valence electrons. The molecule has 27 heavy (non-hydrogen) atoms. The van der Waals surface area contributed by atoms with E-state index >= 15 is 0 Å². The van der Waals surface area contributed by atoms with Crippen LogP contribution in [0, 0.1) is 6.92 Å². The fourth-order valence-corrected chi connectivity index (χ4v) is 3.91. The third kappa shape index (κ3) is 4.03. The maximum Gasteiger partial charge on any atom is 0.230 e. The second kappa shape index (κ2) is 7.92. The molecule has 4 rings (SSSR count). The van der Waals surface area contributed by atoms with Crippen LogP contribution in [0.3, 0.4) is 0 Å². The van der Waals surface area contributed by atoms with E-state index in [1.54, 1.807) is 0 Å². The molecular weight excluding hydrogens is 358 g/mol. The first kappa shape index (κ1) is 17.7. The molecule has 1 N–H and O–H groups in total. The Bertz CT molecular complexity index is 937. The van der Waals surface area contributed by atoms with Crippen molar-refractivity contribution in [2.75, 3.05) is 5.75 Å². The molecule has 0 atom stereocenters. The van der Waals surface area contributed by atoms with E-state index in [1.807, 2.05) is 47.1 Å². The second-order valence-electron chi connectivity index (χ2n) is 6.56. The molecule has 1 aromatic carbocycles. The Morgan fingerprint density at radius 2 is 2.00 bits per heavy atom. The van der Waals surface area contributed by atoms with Crippen molar-refractivity contribution in [1.82, 2.24) is 25.3 Å². The third-order valence-electron chi connectivity index (χ3n) is 4.69. The van der Waals surface area contributed by atoms with Gasteiger partial charge in [0.2, 0.25) is 5.91 Å². The summed E-state index contributed by atoms with van der Waals surface area (Å²) in [6.45, 7) is 2.62. The number of carbonyl (C=O) groups is 1. The van der Waals surface area contributed by atoms with Crippen LogP contribution in [0.5, 0.6) is 0 Å². The van der Waals surface area contributed by atoms with E-state index in [4.69, 9.17) is 0 Å². The highest BCUT2D eigenvalue weighted by molar-refractivity contribution is 7.99. The minimum absolute atomic E-state index is 0.0194. The molecule has 0 spiro atoms. The molecule has 1 amide bonds. The number of amides is 1. The average molecular weight is 379 g/mol. The molecule has 0 bridgehead atoms. The highest BCUT2D eigenvalue weighted by Gasteiger charge is 2.20. The van der Waals surface area contributed by atoms with Gasteiger partial charge in [0.25, 0.3) is 0 Å². The van der Waals surface area contributed by atoms with Gasteiger partial charge < -0.3 is 5.32 Å². The van der Waals surface area contributed by atoms with Crippen molar-refractivity contribution in [2.45, 2.75) is 37.8 Å². The van der Waals surface area contributed by atoms with Gasteiger partial charge in [-0.3, -0.25) is 4.79 Å². The lowest BCUT2D eigenvalue weighted by Gasteiger charge is -2.06. The zero-order chi connectivity index (χ0) is 18.6. The summed E-state index contributed by atoms with van der Waals surface area (Å²) in [5.41, 5.74) is 4.77. The van der Waals surface area contributed by atoms with Gasteiger partial charge in [-0.2, -0.15) is 5.10 Å². The van der Waals surface area contributed by atoms with Crippen LogP contribution in [0.4, 0.5) is 0 Å². The summed E-state index contributed by atoms with van der Waals surface area (Å²) in [5.74, 6) is 1.02. The highest BCUT2D eigenvalue weighted by Crippen LogP contribution is 2.26. The zero-order valence-corrected chi connectivity index (χ0v) is 16.0. The average Bonchev–Trinajstić information content (AvgIpc) is 3.29.